The number of halogens is 2. The summed E-state index contributed by atoms with van der Waals surface area (Å²) in [6, 6.07) is 0. The molecule has 0 aromatic heterocycles. The van der Waals surface area contributed by atoms with E-state index in [4.69, 9.17) is 22.9 Å². The van der Waals surface area contributed by atoms with Crippen molar-refractivity contribution in [3.8, 4) is 0 Å². The first-order valence-corrected chi connectivity index (χ1v) is 5.76. The summed E-state index contributed by atoms with van der Waals surface area (Å²) < 4.78 is 0. The number of hydrogen-bond acceptors (Lipinski definition) is 0. The van der Waals surface area contributed by atoms with Crippen molar-refractivity contribution in [2.45, 2.75) is 38.4 Å². The van der Waals surface area contributed by atoms with Crippen molar-refractivity contribution in [3.63, 3.8) is 0 Å². The third kappa shape index (κ3) is 1.01. The van der Waals surface area contributed by atoms with Crippen LogP contribution in [0.1, 0.15) is 33.1 Å². The molecule has 0 spiro atoms. The number of fused-ring (bicyclic) bond motifs is 2. The normalized spacial score (nSPS) is 41.2. The summed E-state index contributed by atoms with van der Waals surface area (Å²) in [6.07, 6.45) is 3.55. The minimum absolute atomic E-state index is 0.109. The molecule has 0 heterocycles. The summed E-state index contributed by atoms with van der Waals surface area (Å²) in [6.45, 7) is 8.68. The van der Waals surface area contributed by atoms with Crippen LogP contribution >= 0.6 is 22.9 Å². The first-order valence-electron chi connectivity index (χ1n) is 4.89. The molecule has 0 amide bonds. The van der Waals surface area contributed by atoms with E-state index >= 15 is 0 Å². The predicted molar refractivity (Wildman–Crippen MR) is 60.4 cm³/mol. The molecule has 0 saturated heterocycles. The van der Waals surface area contributed by atoms with Gasteiger partial charge in [-0.05, 0) is 29.5 Å². The Morgan fingerprint density at radius 1 is 1.46 bits per heavy atom. The molecule has 2 aliphatic carbocycles. The van der Waals surface area contributed by atoms with Crippen LogP contribution in [0.15, 0.2) is 12.2 Å². The van der Waals surface area contributed by atoms with Gasteiger partial charge in [0.2, 0.25) is 0 Å². The second-order valence-electron chi connectivity index (χ2n) is 5.05. The second kappa shape index (κ2) is 2.70. The molecule has 72 valence electrons. The lowest BCUT2D eigenvalue weighted by molar-refractivity contribution is 0.305. The molecule has 2 saturated carbocycles. The molecule has 13 heavy (non-hydrogen) atoms. The fraction of sp³-hybridized carbons (Fsp3) is 0.800. The molecule has 2 bridgehead atoms. The topological polar surface area (TPSA) is 0 Å². The van der Waals surface area contributed by atoms with Crippen LogP contribution in [0, 0.1) is 11.3 Å². The van der Waals surface area contributed by atoms with Crippen molar-refractivity contribution in [1.29, 1.82) is 0 Å². The van der Waals surface area contributed by atoms with E-state index in [1.54, 1.807) is 0 Å². The van der Waals surface area contributed by atoms with Crippen molar-refractivity contribution < 1.29 is 0 Å². The van der Waals surface area contributed by atoms with Gasteiger partial charge in [0.15, 0.2) is 0 Å². The lowest BCUT2D eigenvalue weighted by Crippen LogP contribution is -2.35. The summed E-state index contributed by atoms with van der Waals surface area (Å²) in [5.41, 5.74) is 1.25. The van der Waals surface area contributed by atoms with E-state index in [-0.39, 0.29) is 16.3 Å². The highest BCUT2D eigenvalue weighted by atomic mass is 35.5. The Morgan fingerprint density at radius 3 is 2.38 bits per heavy atom. The number of allylic oxidation sites excluding steroid dienone is 1. The molecule has 3 heteroatoms. The highest BCUT2D eigenvalue weighted by Crippen LogP contribution is 2.73. The maximum absolute atomic E-state index is 6.14. The molecule has 2 rings (SSSR count). The van der Waals surface area contributed by atoms with E-state index in [1.165, 1.54) is 18.4 Å². The van der Waals surface area contributed by atoms with Crippen LogP contribution in [-0.2, 0) is 0 Å². The highest BCUT2D eigenvalue weighted by Gasteiger charge is 2.63. The zero-order valence-electron chi connectivity index (χ0n) is 8.24. The molecule has 0 N–H and O–H groups in total. The summed E-state index contributed by atoms with van der Waals surface area (Å²) in [4.78, 5) is 0. The number of rotatable bonds is 1. The third-order valence-electron chi connectivity index (χ3n) is 4.51. The molecule has 2 atom stereocenters. The van der Waals surface area contributed by atoms with Gasteiger partial charge in [0.1, 0.15) is 0 Å². The first kappa shape index (κ1) is 9.92. The lowest BCUT2D eigenvalue weighted by Gasteiger charge is -2.43. The summed E-state index contributed by atoms with van der Waals surface area (Å²) in [5.74, 6) is 0.676. The molecule has 0 radical (unpaired) electrons. The quantitative estimate of drug-likeness (QED) is 0.458. The zero-order chi connectivity index (χ0) is 9.85. The fourth-order valence-corrected chi connectivity index (χ4v) is 4.18. The second-order valence-corrected chi connectivity index (χ2v) is 6.14. The Kier molecular flexibility index (Phi) is 2.06. The van der Waals surface area contributed by atoms with Crippen LogP contribution < -0.4 is 0 Å². The van der Waals surface area contributed by atoms with Gasteiger partial charge in [0.25, 0.3) is 0 Å². The maximum atomic E-state index is 6.14. The van der Waals surface area contributed by atoms with Crippen molar-refractivity contribution >= 4 is 28.5 Å². The van der Waals surface area contributed by atoms with E-state index in [2.05, 4.69) is 20.4 Å². The summed E-state index contributed by atoms with van der Waals surface area (Å²) in [7, 11) is 0. The van der Waals surface area contributed by atoms with Gasteiger partial charge in [-0.3, -0.25) is 0 Å². The first-order chi connectivity index (χ1) is 5.92. The average Bonchev–Trinajstić information content (AvgIpc) is 2.53. The third-order valence-corrected chi connectivity index (χ3v) is 5.34. The largest absolute Gasteiger partial charge is 0.358 e. The van der Waals surface area contributed by atoms with Crippen LogP contribution in [0.25, 0.3) is 0 Å². The Balaban J connectivity index is 2.44. The van der Waals surface area contributed by atoms with E-state index < -0.39 is 0 Å². The highest BCUT2D eigenvalue weighted by molar-refractivity contribution is 7.35. The van der Waals surface area contributed by atoms with Crippen LogP contribution in [0.4, 0.5) is 0 Å². The minimum Gasteiger partial charge on any atom is -0.171 e. The van der Waals surface area contributed by atoms with Crippen molar-refractivity contribution in [2.75, 3.05) is 0 Å². The number of hydrogen-bond donors (Lipinski definition) is 0. The van der Waals surface area contributed by atoms with Crippen molar-refractivity contribution in [1.82, 2.24) is 0 Å². The lowest BCUT2D eigenvalue weighted by atomic mass is 9.51. The zero-order valence-corrected chi connectivity index (χ0v) is 9.75. The molecule has 2 fully saturated rings. The summed E-state index contributed by atoms with van der Waals surface area (Å²) in [5, 5.41) is 0.109. The van der Waals surface area contributed by atoms with Crippen LogP contribution in [0.2, 0.25) is 5.31 Å². The van der Waals surface area contributed by atoms with Gasteiger partial charge in [-0.25, -0.2) is 0 Å². The molecule has 0 aliphatic heterocycles. The van der Waals surface area contributed by atoms with E-state index in [0.717, 1.165) is 6.42 Å². The van der Waals surface area contributed by atoms with Gasteiger partial charge in [-0.15, -0.1) is 0 Å². The monoisotopic (exact) mass is 216 g/mol. The molecule has 0 nitrogen and oxygen atoms in total. The van der Waals surface area contributed by atoms with Crippen molar-refractivity contribution in [3.05, 3.63) is 12.2 Å². The standard InChI is InChI=1S/C10H15BCl2/c1-7-8-4-5-10(6-8,11(12)13)9(7,2)3/h8H,1,4-6H2,2-3H3. The van der Waals surface area contributed by atoms with Gasteiger partial charge < -0.3 is 0 Å². The van der Waals surface area contributed by atoms with Crippen molar-refractivity contribution in [2.24, 2.45) is 11.3 Å². The van der Waals surface area contributed by atoms with Crippen LogP contribution in [0.5, 0.6) is 0 Å². The van der Waals surface area contributed by atoms with Gasteiger partial charge in [-0.1, -0.05) is 32.4 Å². The van der Waals surface area contributed by atoms with Crippen LogP contribution in [0.3, 0.4) is 0 Å². The van der Waals surface area contributed by atoms with Gasteiger partial charge in [-0.2, -0.15) is 22.9 Å². The smallest absolute Gasteiger partial charge is 0.171 e. The van der Waals surface area contributed by atoms with Gasteiger partial charge in [0, 0.05) is 0 Å². The minimum atomic E-state index is -0.244. The fourth-order valence-electron chi connectivity index (χ4n) is 3.24. The average molecular weight is 217 g/mol. The Bertz CT molecular complexity index is 260. The van der Waals surface area contributed by atoms with E-state index in [1.807, 2.05) is 0 Å². The summed E-state index contributed by atoms with van der Waals surface area (Å²) >= 11 is 12.3. The SMILES string of the molecule is C=C1C2CCC(B(Cl)Cl)(C2)C1(C)C. The molecular formula is C10H15BCl2. The Hall–Kier alpha value is 0.385. The molecule has 0 aromatic carbocycles. The molecular weight excluding hydrogens is 202 g/mol. The van der Waals surface area contributed by atoms with Gasteiger partial charge >= 0.3 is 5.54 Å². The van der Waals surface area contributed by atoms with Crippen LogP contribution in [-0.4, -0.2) is 5.54 Å². The Labute approximate surface area is 90.6 Å². The van der Waals surface area contributed by atoms with E-state index in [9.17, 15) is 0 Å². The van der Waals surface area contributed by atoms with E-state index in [0.29, 0.717) is 5.92 Å². The molecule has 2 aliphatic rings. The Morgan fingerprint density at radius 2 is 2.08 bits per heavy atom. The predicted octanol–water partition coefficient (Wildman–Crippen LogP) is 4.09. The van der Waals surface area contributed by atoms with Gasteiger partial charge in [0.05, 0.1) is 0 Å². The maximum Gasteiger partial charge on any atom is 0.358 e. The molecule has 2 unspecified atom stereocenters. The molecule has 0 aromatic rings.